The molecule has 0 spiro atoms. The smallest absolute Gasteiger partial charge is 0.358 e. The second-order valence-corrected chi connectivity index (χ2v) is 8.31. The fourth-order valence-electron chi connectivity index (χ4n) is 2.92. The van der Waals surface area contributed by atoms with E-state index in [-0.39, 0.29) is 22.2 Å². The number of amides is 2. The predicted molar refractivity (Wildman–Crippen MR) is 115 cm³/mol. The number of nitrogens with one attached hydrogen (secondary N) is 1. The molecule has 3 N–H and O–H groups in total. The number of carbonyl (C=O) groups excluding carboxylic acids is 4. The number of hydrogen-bond acceptors (Lipinski definition) is 12. The molecule has 3 rings (SSSR count). The first-order chi connectivity index (χ1) is 15.3. The minimum absolute atomic E-state index is 0.00976. The van der Waals surface area contributed by atoms with Crippen LogP contribution in [-0.2, 0) is 33.5 Å². The molecule has 3 heterocycles. The second kappa shape index (κ2) is 9.82. The number of rotatable bonds is 8. The van der Waals surface area contributed by atoms with Crippen molar-refractivity contribution in [1.29, 1.82) is 0 Å². The number of nitrogens with two attached hydrogens (primary N) is 1. The first-order valence-corrected chi connectivity index (χ1v) is 11.0. The number of carbonyl (C=O) groups is 4. The fraction of sp³-hybridized carbons (Fsp3) is 0.333. The maximum absolute atomic E-state index is 12.8. The molecule has 0 aliphatic carbocycles. The van der Waals surface area contributed by atoms with Gasteiger partial charge in [-0.05, 0) is 5.57 Å². The van der Waals surface area contributed by atoms with Gasteiger partial charge in [0.25, 0.3) is 11.8 Å². The Morgan fingerprint density at radius 1 is 1.44 bits per heavy atom. The van der Waals surface area contributed by atoms with Crippen molar-refractivity contribution in [2.75, 3.05) is 25.4 Å². The fourth-order valence-corrected chi connectivity index (χ4v) is 4.81. The van der Waals surface area contributed by atoms with Crippen molar-refractivity contribution in [1.82, 2.24) is 15.2 Å². The molecule has 1 aromatic heterocycles. The van der Waals surface area contributed by atoms with E-state index >= 15 is 0 Å². The van der Waals surface area contributed by atoms with Crippen LogP contribution in [0.4, 0.5) is 5.13 Å². The number of thiazole rings is 1. The zero-order chi connectivity index (χ0) is 23.4. The van der Waals surface area contributed by atoms with Crippen LogP contribution in [0.3, 0.4) is 0 Å². The number of esters is 2. The van der Waals surface area contributed by atoms with E-state index in [9.17, 15) is 19.2 Å². The van der Waals surface area contributed by atoms with Gasteiger partial charge in [0.1, 0.15) is 29.9 Å². The number of oxime groups is 1. The second-order valence-electron chi connectivity index (χ2n) is 6.32. The van der Waals surface area contributed by atoms with Crippen molar-refractivity contribution >= 4 is 57.7 Å². The SMILES string of the molecule is C=CC1=C(C(=O)OCOC(C)=O)N2C(=O)C(NC(=O)C(=NOC)c3csc(N)n3)[C@H]2SC1. The van der Waals surface area contributed by atoms with Crippen LogP contribution in [0, 0.1) is 0 Å². The van der Waals surface area contributed by atoms with Crippen molar-refractivity contribution in [3.05, 3.63) is 35.0 Å². The summed E-state index contributed by atoms with van der Waals surface area (Å²) in [5, 5.41) is 7.50. The Kier molecular flexibility index (Phi) is 7.15. The van der Waals surface area contributed by atoms with Gasteiger partial charge in [-0.3, -0.25) is 19.3 Å². The van der Waals surface area contributed by atoms with Crippen molar-refractivity contribution in [2.45, 2.75) is 18.3 Å². The monoisotopic (exact) mass is 481 g/mol. The summed E-state index contributed by atoms with van der Waals surface area (Å²) in [6, 6.07) is -0.923. The number of ether oxygens (including phenoxy) is 2. The van der Waals surface area contributed by atoms with Crippen LogP contribution < -0.4 is 11.1 Å². The molecule has 14 heteroatoms. The highest BCUT2D eigenvalue weighted by Crippen LogP contribution is 2.40. The molecular formula is C18H19N5O7S2. The van der Waals surface area contributed by atoms with Crippen molar-refractivity contribution in [3.63, 3.8) is 0 Å². The van der Waals surface area contributed by atoms with E-state index in [1.165, 1.54) is 42.2 Å². The Hall–Kier alpha value is -3.39. The number of thioether (sulfide) groups is 1. The minimum Gasteiger partial charge on any atom is -0.428 e. The molecule has 2 amide bonds. The number of nitrogen functional groups attached to an aromatic ring is 1. The van der Waals surface area contributed by atoms with Crippen LogP contribution in [0.1, 0.15) is 12.6 Å². The van der Waals surface area contributed by atoms with Crippen LogP contribution in [0.25, 0.3) is 0 Å². The third kappa shape index (κ3) is 4.60. The van der Waals surface area contributed by atoms with E-state index in [0.29, 0.717) is 11.3 Å². The summed E-state index contributed by atoms with van der Waals surface area (Å²) in [6.07, 6.45) is 1.45. The first-order valence-electron chi connectivity index (χ1n) is 9.02. The Bertz CT molecular complexity index is 1030. The third-order valence-corrected chi connectivity index (χ3v) is 6.31. The summed E-state index contributed by atoms with van der Waals surface area (Å²) in [6.45, 7) is 4.24. The van der Waals surface area contributed by atoms with Gasteiger partial charge in [-0.2, -0.15) is 0 Å². The molecule has 1 fully saturated rings. The summed E-state index contributed by atoms with van der Waals surface area (Å²) < 4.78 is 9.55. The molecule has 1 aromatic rings. The third-order valence-electron chi connectivity index (χ3n) is 4.34. The molecule has 2 atom stereocenters. The van der Waals surface area contributed by atoms with Gasteiger partial charge < -0.3 is 25.4 Å². The average Bonchev–Trinajstić information content (AvgIpc) is 3.19. The standard InChI is InChI=1S/C18H19N5O7S2/c1-4-9-5-31-16-12(15(26)23(16)13(9)17(27)30-7-29-8(2)24)21-14(25)11(22-28-3)10-6-32-18(19)20-10/h4,6,12,16H,1,5,7H2,2-3H3,(H2,19,20)(H,21,25)/t12?,16-/m1/s1. The van der Waals surface area contributed by atoms with Crippen molar-refractivity contribution in [3.8, 4) is 0 Å². The van der Waals surface area contributed by atoms with Crippen molar-refractivity contribution in [2.24, 2.45) is 5.16 Å². The molecule has 32 heavy (non-hydrogen) atoms. The summed E-state index contributed by atoms with van der Waals surface area (Å²) in [7, 11) is 1.27. The minimum atomic E-state index is -0.923. The van der Waals surface area contributed by atoms with Gasteiger partial charge in [0.15, 0.2) is 10.8 Å². The van der Waals surface area contributed by atoms with Gasteiger partial charge >= 0.3 is 11.9 Å². The maximum Gasteiger partial charge on any atom is 0.358 e. The van der Waals surface area contributed by atoms with E-state index < -0.39 is 42.0 Å². The molecule has 12 nitrogen and oxygen atoms in total. The van der Waals surface area contributed by atoms with Crippen LogP contribution >= 0.6 is 23.1 Å². The number of allylic oxidation sites excluding steroid dienone is 1. The molecular weight excluding hydrogens is 462 g/mol. The highest BCUT2D eigenvalue weighted by Gasteiger charge is 2.54. The highest BCUT2D eigenvalue weighted by molar-refractivity contribution is 8.00. The Morgan fingerprint density at radius 3 is 2.78 bits per heavy atom. The average molecular weight is 482 g/mol. The van der Waals surface area contributed by atoms with Crippen molar-refractivity contribution < 1.29 is 33.5 Å². The number of hydrogen-bond donors (Lipinski definition) is 2. The van der Waals surface area contributed by atoms with E-state index in [0.717, 1.165) is 11.3 Å². The normalized spacial score (nSPS) is 20.1. The molecule has 0 saturated carbocycles. The first kappa shape index (κ1) is 23.3. The molecule has 170 valence electrons. The lowest BCUT2D eigenvalue weighted by Gasteiger charge is -2.49. The van der Waals surface area contributed by atoms with Gasteiger partial charge in [0, 0.05) is 18.1 Å². The van der Waals surface area contributed by atoms with E-state index in [4.69, 9.17) is 15.3 Å². The number of aromatic nitrogens is 1. The van der Waals surface area contributed by atoms with Gasteiger partial charge in [0.2, 0.25) is 6.79 Å². The summed E-state index contributed by atoms with van der Waals surface area (Å²) in [5.41, 5.74) is 6.15. The van der Waals surface area contributed by atoms with Gasteiger partial charge in [0.05, 0.1) is 0 Å². The Morgan fingerprint density at radius 2 is 2.19 bits per heavy atom. The zero-order valence-corrected chi connectivity index (χ0v) is 18.7. The van der Waals surface area contributed by atoms with Gasteiger partial charge in [-0.15, -0.1) is 23.1 Å². The molecule has 0 aromatic carbocycles. The lowest BCUT2D eigenvalue weighted by atomic mass is 10.0. The lowest BCUT2D eigenvalue weighted by Crippen LogP contribution is -2.71. The van der Waals surface area contributed by atoms with E-state index in [1.54, 1.807) is 0 Å². The quantitative estimate of drug-likeness (QED) is 0.170. The molecule has 0 radical (unpaired) electrons. The zero-order valence-electron chi connectivity index (χ0n) is 17.0. The van der Waals surface area contributed by atoms with Crippen LogP contribution in [0.2, 0.25) is 0 Å². The summed E-state index contributed by atoms with van der Waals surface area (Å²) in [4.78, 5) is 59.0. The van der Waals surface area contributed by atoms with E-state index in [2.05, 4.69) is 26.8 Å². The summed E-state index contributed by atoms with van der Waals surface area (Å²) >= 11 is 2.46. The number of anilines is 1. The lowest BCUT2D eigenvalue weighted by molar-refractivity contribution is -0.166. The predicted octanol–water partition coefficient (Wildman–Crippen LogP) is -0.0204. The van der Waals surface area contributed by atoms with Crippen LogP contribution in [-0.4, -0.2) is 70.4 Å². The number of fused-ring (bicyclic) bond motifs is 1. The molecule has 1 saturated heterocycles. The molecule has 1 unspecified atom stereocenters. The number of β-lactam (4-membered cyclic amide) rings is 1. The summed E-state index contributed by atoms with van der Waals surface area (Å²) in [5.74, 6) is -2.32. The molecule has 0 bridgehead atoms. The number of nitrogens with zero attached hydrogens (tertiary/aromatic N) is 3. The highest BCUT2D eigenvalue weighted by atomic mass is 32.2. The largest absolute Gasteiger partial charge is 0.428 e. The van der Waals surface area contributed by atoms with Gasteiger partial charge in [-0.1, -0.05) is 17.8 Å². The molecule has 2 aliphatic heterocycles. The maximum atomic E-state index is 12.8. The molecule has 2 aliphatic rings. The Labute approximate surface area is 190 Å². The topological polar surface area (TPSA) is 163 Å². The van der Waals surface area contributed by atoms with E-state index in [1.807, 2.05) is 0 Å². The van der Waals surface area contributed by atoms with Crippen LogP contribution in [0.15, 0.2) is 34.5 Å². The van der Waals surface area contributed by atoms with Gasteiger partial charge in [-0.25, -0.2) is 9.78 Å². The Balaban J connectivity index is 1.75. The van der Waals surface area contributed by atoms with Crippen LogP contribution in [0.5, 0.6) is 0 Å².